The third-order valence-corrected chi connectivity index (χ3v) is 1.43. The summed E-state index contributed by atoms with van der Waals surface area (Å²) in [5.41, 5.74) is 0. The first-order valence-electron chi connectivity index (χ1n) is 4.49. The standard InChI is InChI=1S/C8H8O2.C4H4O/c1-7(9)10-8-5-3-2-4-6-8;1-2-4-5-3-1/h2-6H,1H3;1-4H. The Hall–Kier alpha value is -2.03. The molecule has 0 N–H and O–H groups in total. The largest absolute Gasteiger partial charge is 0.473 e. The molecule has 0 atom stereocenters. The summed E-state index contributed by atoms with van der Waals surface area (Å²) in [5.74, 6) is 0.307. The van der Waals surface area contributed by atoms with Crippen molar-refractivity contribution in [1.82, 2.24) is 0 Å². The minimum absolute atomic E-state index is 0.286. The third kappa shape index (κ3) is 5.31. The fourth-order valence-corrected chi connectivity index (χ4v) is 0.881. The number of ether oxygens (including phenoxy) is 1. The molecular formula is C12H12O3. The van der Waals surface area contributed by atoms with Gasteiger partial charge in [-0.25, -0.2) is 0 Å². The van der Waals surface area contributed by atoms with Gasteiger partial charge < -0.3 is 9.15 Å². The van der Waals surface area contributed by atoms with E-state index in [1.165, 1.54) is 6.92 Å². The lowest BCUT2D eigenvalue weighted by molar-refractivity contribution is -0.131. The average molecular weight is 204 g/mol. The van der Waals surface area contributed by atoms with Crippen LogP contribution in [0.4, 0.5) is 0 Å². The molecule has 0 saturated heterocycles. The van der Waals surface area contributed by atoms with Gasteiger partial charge in [0.05, 0.1) is 12.5 Å². The summed E-state index contributed by atoms with van der Waals surface area (Å²) >= 11 is 0. The first-order chi connectivity index (χ1) is 7.29. The highest BCUT2D eigenvalue weighted by atomic mass is 16.5. The van der Waals surface area contributed by atoms with Gasteiger partial charge in [0, 0.05) is 6.92 Å². The molecule has 0 spiro atoms. The van der Waals surface area contributed by atoms with Crippen LogP contribution in [-0.4, -0.2) is 5.97 Å². The SMILES string of the molecule is CC(=O)Oc1ccccc1.c1ccoc1. The van der Waals surface area contributed by atoms with Crippen molar-refractivity contribution < 1.29 is 13.9 Å². The van der Waals surface area contributed by atoms with Crippen molar-refractivity contribution in [3.05, 3.63) is 55.0 Å². The van der Waals surface area contributed by atoms with Crippen LogP contribution in [0.5, 0.6) is 5.75 Å². The van der Waals surface area contributed by atoms with E-state index in [4.69, 9.17) is 4.74 Å². The molecule has 3 heteroatoms. The van der Waals surface area contributed by atoms with E-state index in [0.29, 0.717) is 5.75 Å². The summed E-state index contributed by atoms with van der Waals surface area (Å²) in [6, 6.07) is 12.6. The van der Waals surface area contributed by atoms with Gasteiger partial charge in [-0.1, -0.05) is 18.2 Å². The lowest BCUT2D eigenvalue weighted by atomic mass is 10.3. The van der Waals surface area contributed by atoms with Crippen molar-refractivity contribution in [3.63, 3.8) is 0 Å². The number of furan rings is 1. The van der Waals surface area contributed by atoms with E-state index < -0.39 is 0 Å². The van der Waals surface area contributed by atoms with Gasteiger partial charge in [-0.3, -0.25) is 4.79 Å². The van der Waals surface area contributed by atoms with Crippen molar-refractivity contribution in [3.8, 4) is 5.75 Å². The molecule has 0 saturated carbocycles. The van der Waals surface area contributed by atoms with Crippen LogP contribution >= 0.6 is 0 Å². The molecule has 3 nitrogen and oxygen atoms in total. The van der Waals surface area contributed by atoms with Crippen LogP contribution in [0.15, 0.2) is 59.4 Å². The second kappa shape index (κ2) is 6.43. The van der Waals surface area contributed by atoms with E-state index in [9.17, 15) is 4.79 Å². The molecule has 0 radical (unpaired) electrons. The molecule has 2 rings (SSSR count). The van der Waals surface area contributed by atoms with Gasteiger partial charge in [-0.15, -0.1) is 0 Å². The lowest BCUT2D eigenvalue weighted by Gasteiger charge is -1.97. The highest BCUT2D eigenvalue weighted by Crippen LogP contribution is 2.07. The number of carbonyl (C=O) groups excluding carboxylic acids is 1. The Morgan fingerprint density at radius 1 is 1.07 bits per heavy atom. The Balaban J connectivity index is 0.000000187. The van der Waals surface area contributed by atoms with Crippen LogP contribution in [0, 0.1) is 0 Å². The summed E-state index contributed by atoms with van der Waals surface area (Å²) in [7, 11) is 0. The molecule has 0 unspecified atom stereocenters. The van der Waals surface area contributed by atoms with Gasteiger partial charge >= 0.3 is 5.97 Å². The topological polar surface area (TPSA) is 39.4 Å². The first kappa shape index (κ1) is 11.0. The average Bonchev–Trinajstić information content (AvgIpc) is 2.76. The molecule has 78 valence electrons. The van der Waals surface area contributed by atoms with Crippen molar-refractivity contribution in [2.24, 2.45) is 0 Å². The maximum Gasteiger partial charge on any atom is 0.308 e. The minimum Gasteiger partial charge on any atom is -0.473 e. The quantitative estimate of drug-likeness (QED) is 0.529. The molecular weight excluding hydrogens is 192 g/mol. The Labute approximate surface area is 88.3 Å². The zero-order valence-electron chi connectivity index (χ0n) is 8.42. The van der Waals surface area contributed by atoms with Crippen LogP contribution in [0.3, 0.4) is 0 Å². The van der Waals surface area contributed by atoms with E-state index in [0.717, 1.165) is 0 Å². The molecule has 1 aromatic carbocycles. The summed E-state index contributed by atoms with van der Waals surface area (Å²) < 4.78 is 9.36. The van der Waals surface area contributed by atoms with E-state index >= 15 is 0 Å². The monoisotopic (exact) mass is 204 g/mol. The van der Waals surface area contributed by atoms with E-state index in [2.05, 4.69) is 4.42 Å². The molecule has 1 aromatic heterocycles. The molecule has 2 aromatic rings. The summed E-state index contributed by atoms with van der Waals surface area (Å²) in [6.45, 7) is 1.38. The molecule has 0 aliphatic heterocycles. The van der Waals surface area contributed by atoms with Crippen LogP contribution in [0.25, 0.3) is 0 Å². The van der Waals surface area contributed by atoms with Crippen molar-refractivity contribution in [2.75, 3.05) is 0 Å². The van der Waals surface area contributed by atoms with Gasteiger partial charge in [0.15, 0.2) is 0 Å². The van der Waals surface area contributed by atoms with Gasteiger partial charge in [-0.05, 0) is 24.3 Å². The fraction of sp³-hybridized carbons (Fsp3) is 0.0833. The Morgan fingerprint density at radius 2 is 1.67 bits per heavy atom. The Morgan fingerprint density at radius 3 is 2.07 bits per heavy atom. The smallest absolute Gasteiger partial charge is 0.308 e. The number of carbonyl (C=O) groups is 1. The number of rotatable bonds is 1. The van der Waals surface area contributed by atoms with Gasteiger partial charge in [0.2, 0.25) is 0 Å². The molecule has 1 heterocycles. The van der Waals surface area contributed by atoms with Crippen LogP contribution in [0.2, 0.25) is 0 Å². The minimum atomic E-state index is -0.286. The van der Waals surface area contributed by atoms with Crippen LogP contribution in [0.1, 0.15) is 6.92 Å². The number of para-hydroxylation sites is 1. The number of hydrogen-bond acceptors (Lipinski definition) is 3. The number of benzene rings is 1. The van der Waals surface area contributed by atoms with Crippen molar-refractivity contribution in [2.45, 2.75) is 6.92 Å². The second-order valence-electron chi connectivity index (χ2n) is 2.70. The molecule has 0 fully saturated rings. The van der Waals surface area contributed by atoms with Crippen molar-refractivity contribution in [1.29, 1.82) is 0 Å². The van der Waals surface area contributed by atoms with E-state index in [-0.39, 0.29) is 5.97 Å². The zero-order valence-corrected chi connectivity index (χ0v) is 8.42. The highest BCUT2D eigenvalue weighted by Gasteiger charge is 1.92. The zero-order chi connectivity index (χ0) is 10.9. The van der Waals surface area contributed by atoms with Gasteiger partial charge in [0.1, 0.15) is 5.75 Å². The second-order valence-corrected chi connectivity index (χ2v) is 2.70. The maximum absolute atomic E-state index is 10.4. The Bertz CT molecular complexity index is 348. The number of hydrogen-bond donors (Lipinski definition) is 0. The summed E-state index contributed by atoms with van der Waals surface area (Å²) in [5, 5.41) is 0. The lowest BCUT2D eigenvalue weighted by Crippen LogP contribution is -2.00. The molecule has 0 aliphatic carbocycles. The maximum atomic E-state index is 10.4. The molecule has 0 bridgehead atoms. The van der Waals surface area contributed by atoms with Crippen LogP contribution in [-0.2, 0) is 4.79 Å². The fourth-order valence-electron chi connectivity index (χ4n) is 0.881. The van der Waals surface area contributed by atoms with Crippen LogP contribution < -0.4 is 4.74 Å². The number of esters is 1. The third-order valence-electron chi connectivity index (χ3n) is 1.43. The molecule has 15 heavy (non-hydrogen) atoms. The van der Waals surface area contributed by atoms with E-state index in [1.54, 1.807) is 24.7 Å². The molecule has 0 aliphatic rings. The van der Waals surface area contributed by atoms with Gasteiger partial charge in [-0.2, -0.15) is 0 Å². The van der Waals surface area contributed by atoms with E-state index in [1.807, 2.05) is 30.3 Å². The van der Waals surface area contributed by atoms with Crippen molar-refractivity contribution >= 4 is 5.97 Å². The summed E-state index contributed by atoms with van der Waals surface area (Å²) in [6.07, 6.45) is 3.25. The van der Waals surface area contributed by atoms with Gasteiger partial charge in [0.25, 0.3) is 0 Å². The predicted octanol–water partition coefficient (Wildman–Crippen LogP) is 2.89. The normalized spacial score (nSPS) is 8.60. The first-order valence-corrected chi connectivity index (χ1v) is 4.49. The predicted molar refractivity (Wildman–Crippen MR) is 56.5 cm³/mol. The molecule has 0 amide bonds. The Kier molecular flexibility index (Phi) is 4.73. The summed E-state index contributed by atoms with van der Waals surface area (Å²) in [4.78, 5) is 10.4. The highest BCUT2D eigenvalue weighted by molar-refractivity contribution is 5.69.